The van der Waals surface area contributed by atoms with E-state index < -0.39 is 0 Å². The van der Waals surface area contributed by atoms with Gasteiger partial charge >= 0.3 is 0 Å². The largest absolute Gasteiger partial charge is 0.359 e. The van der Waals surface area contributed by atoms with Crippen molar-refractivity contribution in [2.24, 2.45) is 5.92 Å². The number of hydrogen-bond donors (Lipinski definition) is 1. The second-order valence-electron chi connectivity index (χ2n) is 5.41. The average Bonchev–Trinajstić information content (AvgIpc) is 2.53. The minimum Gasteiger partial charge on any atom is -0.359 e. The zero-order valence-electron chi connectivity index (χ0n) is 12.0. The number of aromatic nitrogens is 1. The van der Waals surface area contributed by atoms with E-state index in [1.54, 1.807) is 7.05 Å². The van der Waals surface area contributed by atoms with Crippen LogP contribution < -0.4 is 10.2 Å². The molecule has 0 saturated carbocycles. The number of pyridine rings is 1. The summed E-state index contributed by atoms with van der Waals surface area (Å²) in [5.41, 5.74) is 0.930. The van der Waals surface area contributed by atoms with Crippen molar-refractivity contribution in [1.82, 2.24) is 10.3 Å². The third kappa shape index (κ3) is 2.95. The molecule has 2 heterocycles. The average molecular weight is 304 g/mol. The van der Waals surface area contributed by atoms with E-state index in [0.717, 1.165) is 47.7 Å². The van der Waals surface area contributed by atoms with Gasteiger partial charge in [0.15, 0.2) is 0 Å². The standard InChI is InChI=1S/C16H18ClN3O/c1-18-16(21)12-3-2-8-20(10-12)15-7-4-11-9-13(17)5-6-14(11)19-15/h4-7,9,12H,2-3,8,10H2,1H3,(H,18,21). The topological polar surface area (TPSA) is 45.2 Å². The molecule has 1 aliphatic rings. The Bertz CT molecular complexity index is 674. The lowest BCUT2D eigenvalue weighted by atomic mass is 9.97. The Morgan fingerprint density at radius 1 is 1.38 bits per heavy atom. The van der Waals surface area contributed by atoms with Gasteiger partial charge in [-0.15, -0.1) is 0 Å². The van der Waals surface area contributed by atoms with Crippen molar-refractivity contribution in [2.75, 3.05) is 25.0 Å². The molecule has 1 atom stereocenters. The van der Waals surface area contributed by atoms with Crippen molar-refractivity contribution in [2.45, 2.75) is 12.8 Å². The summed E-state index contributed by atoms with van der Waals surface area (Å²) in [6, 6.07) is 9.74. The number of halogens is 1. The summed E-state index contributed by atoms with van der Waals surface area (Å²) in [6.07, 6.45) is 1.96. The Hall–Kier alpha value is -1.81. The molecule has 5 heteroatoms. The summed E-state index contributed by atoms with van der Waals surface area (Å²) in [5.74, 6) is 1.09. The van der Waals surface area contributed by atoms with Crippen LogP contribution in [0.4, 0.5) is 5.82 Å². The first kappa shape index (κ1) is 14.1. The first-order valence-corrected chi connectivity index (χ1v) is 7.58. The van der Waals surface area contributed by atoms with Crippen LogP contribution >= 0.6 is 11.6 Å². The van der Waals surface area contributed by atoms with Gasteiger partial charge in [-0.2, -0.15) is 0 Å². The molecule has 110 valence electrons. The fraction of sp³-hybridized carbons (Fsp3) is 0.375. The summed E-state index contributed by atoms with van der Waals surface area (Å²) in [7, 11) is 1.69. The van der Waals surface area contributed by atoms with Gasteiger partial charge in [0.2, 0.25) is 5.91 Å². The molecule has 0 bridgehead atoms. The van der Waals surface area contributed by atoms with E-state index in [4.69, 9.17) is 16.6 Å². The molecule has 0 aliphatic carbocycles. The fourth-order valence-electron chi connectivity index (χ4n) is 2.87. The molecule has 1 aromatic carbocycles. The molecular formula is C16H18ClN3O. The van der Waals surface area contributed by atoms with Crippen LogP contribution in [-0.2, 0) is 4.79 Å². The smallest absolute Gasteiger partial charge is 0.224 e. The SMILES string of the molecule is CNC(=O)C1CCCN(c2ccc3cc(Cl)ccc3n2)C1. The highest BCUT2D eigenvalue weighted by Crippen LogP contribution is 2.25. The van der Waals surface area contributed by atoms with E-state index in [1.807, 2.05) is 30.3 Å². The Kier molecular flexibility index (Phi) is 3.97. The van der Waals surface area contributed by atoms with Crippen molar-refractivity contribution in [3.8, 4) is 0 Å². The van der Waals surface area contributed by atoms with Gasteiger partial charge in [0.25, 0.3) is 0 Å². The molecular weight excluding hydrogens is 286 g/mol. The number of anilines is 1. The molecule has 1 saturated heterocycles. The van der Waals surface area contributed by atoms with Crippen LogP contribution in [0, 0.1) is 5.92 Å². The van der Waals surface area contributed by atoms with Gasteiger partial charge in [0.05, 0.1) is 11.4 Å². The molecule has 1 aromatic heterocycles. The van der Waals surface area contributed by atoms with Gasteiger partial charge < -0.3 is 10.2 Å². The number of amides is 1. The van der Waals surface area contributed by atoms with Gasteiger partial charge in [0, 0.05) is 30.5 Å². The van der Waals surface area contributed by atoms with Crippen LogP contribution in [0.2, 0.25) is 5.02 Å². The lowest BCUT2D eigenvalue weighted by Crippen LogP contribution is -2.42. The van der Waals surface area contributed by atoms with Crippen molar-refractivity contribution in [3.63, 3.8) is 0 Å². The maximum Gasteiger partial charge on any atom is 0.224 e. The van der Waals surface area contributed by atoms with Crippen LogP contribution in [0.3, 0.4) is 0 Å². The van der Waals surface area contributed by atoms with Gasteiger partial charge in [-0.1, -0.05) is 11.6 Å². The van der Waals surface area contributed by atoms with Crippen LogP contribution in [0.15, 0.2) is 30.3 Å². The molecule has 0 radical (unpaired) electrons. The highest BCUT2D eigenvalue weighted by molar-refractivity contribution is 6.31. The third-order valence-corrected chi connectivity index (χ3v) is 4.23. The predicted molar refractivity (Wildman–Crippen MR) is 85.8 cm³/mol. The summed E-state index contributed by atoms with van der Waals surface area (Å²) in [6.45, 7) is 1.67. The fourth-order valence-corrected chi connectivity index (χ4v) is 3.05. The van der Waals surface area contributed by atoms with Crippen LogP contribution in [0.1, 0.15) is 12.8 Å². The lowest BCUT2D eigenvalue weighted by Gasteiger charge is -2.32. The first-order chi connectivity index (χ1) is 10.2. The quantitative estimate of drug-likeness (QED) is 0.928. The van der Waals surface area contributed by atoms with Crippen molar-refractivity contribution < 1.29 is 4.79 Å². The maximum atomic E-state index is 11.8. The Morgan fingerprint density at radius 2 is 2.24 bits per heavy atom. The second kappa shape index (κ2) is 5.90. The highest BCUT2D eigenvalue weighted by atomic mass is 35.5. The molecule has 2 aromatic rings. The zero-order chi connectivity index (χ0) is 14.8. The molecule has 1 N–H and O–H groups in total. The first-order valence-electron chi connectivity index (χ1n) is 7.20. The highest BCUT2D eigenvalue weighted by Gasteiger charge is 2.25. The number of piperidine rings is 1. The van der Waals surface area contributed by atoms with Crippen LogP contribution in [-0.4, -0.2) is 31.0 Å². The monoisotopic (exact) mass is 303 g/mol. The van der Waals surface area contributed by atoms with E-state index in [9.17, 15) is 4.79 Å². The van der Waals surface area contributed by atoms with E-state index in [2.05, 4.69) is 10.2 Å². The number of carbonyl (C=O) groups is 1. The minimum absolute atomic E-state index is 0.0477. The normalized spacial score (nSPS) is 18.8. The number of nitrogens with zero attached hydrogens (tertiary/aromatic N) is 2. The van der Waals surface area contributed by atoms with E-state index >= 15 is 0 Å². The van der Waals surface area contributed by atoms with Crippen LogP contribution in [0.5, 0.6) is 0 Å². The number of fused-ring (bicyclic) bond motifs is 1. The summed E-state index contributed by atoms with van der Waals surface area (Å²) in [4.78, 5) is 18.7. The Morgan fingerprint density at radius 3 is 3.05 bits per heavy atom. The number of rotatable bonds is 2. The molecule has 0 spiro atoms. The van der Waals surface area contributed by atoms with Gasteiger partial charge in [-0.3, -0.25) is 4.79 Å². The molecule has 4 nitrogen and oxygen atoms in total. The summed E-state index contributed by atoms with van der Waals surface area (Å²) >= 11 is 5.99. The molecule has 1 amide bonds. The predicted octanol–water partition coefficient (Wildman–Crippen LogP) is 2.85. The zero-order valence-corrected chi connectivity index (χ0v) is 12.7. The number of nitrogens with one attached hydrogen (secondary N) is 1. The number of benzene rings is 1. The number of hydrogen-bond acceptors (Lipinski definition) is 3. The van der Waals surface area contributed by atoms with Crippen molar-refractivity contribution in [3.05, 3.63) is 35.4 Å². The summed E-state index contributed by atoms with van der Waals surface area (Å²) in [5, 5.41) is 4.49. The number of carbonyl (C=O) groups excluding carboxylic acids is 1. The molecule has 21 heavy (non-hydrogen) atoms. The molecule has 3 rings (SSSR count). The van der Waals surface area contributed by atoms with E-state index in [-0.39, 0.29) is 11.8 Å². The Labute approximate surface area is 129 Å². The maximum absolute atomic E-state index is 11.8. The van der Waals surface area contributed by atoms with Crippen molar-refractivity contribution >= 4 is 34.2 Å². The minimum atomic E-state index is 0.0477. The van der Waals surface area contributed by atoms with Crippen molar-refractivity contribution in [1.29, 1.82) is 0 Å². The Balaban J connectivity index is 1.86. The molecule has 1 unspecified atom stereocenters. The lowest BCUT2D eigenvalue weighted by molar-refractivity contribution is -0.124. The molecule has 1 aliphatic heterocycles. The van der Waals surface area contributed by atoms with Gasteiger partial charge in [-0.25, -0.2) is 4.98 Å². The second-order valence-corrected chi connectivity index (χ2v) is 5.84. The third-order valence-electron chi connectivity index (χ3n) is 4.00. The van der Waals surface area contributed by atoms with Gasteiger partial charge in [-0.05, 0) is 43.2 Å². The van der Waals surface area contributed by atoms with E-state index in [1.165, 1.54) is 0 Å². The molecule has 1 fully saturated rings. The van der Waals surface area contributed by atoms with Gasteiger partial charge in [0.1, 0.15) is 5.82 Å². The summed E-state index contributed by atoms with van der Waals surface area (Å²) < 4.78 is 0. The van der Waals surface area contributed by atoms with E-state index in [0.29, 0.717) is 0 Å². The van der Waals surface area contributed by atoms with Crippen LogP contribution in [0.25, 0.3) is 10.9 Å².